The fraction of sp³-hybridized carbons (Fsp3) is 0.267. The van der Waals surface area contributed by atoms with Gasteiger partial charge in [0, 0.05) is 6.20 Å². The summed E-state index contributed by atoms with van der Waals surface area (Å²) in [5, 5.41) is 0. The molecule has 1 aromatic heterocycles. The van der Waals surface area contributed by atoms with E-state index in [1.807, 2.05) is 89.3 Å². The number of rotatable bonds is 9. The Morgan fingerprint density at radius 3 is 2.00 bits per heavy atom. The maximum atomic E-state index is 12.4. The predicted octanol–water partition coefficient (Wildman–Crippen LogP) is 4.84. The van der Waals surface area contributed by atoms with Crippen molar-refractivity contribution in [1.29, 1.82) is 0 Å². The third-order valence-corrected chi connectivity index (χ3v) is 7.75. The Morgan fingerprint density at radius 2 is 1.44 bits per heavy atom. The molecule has 5 rings (SSSR count). The number of methoxy groups -OCH3 is 2. The van der Waals surface area contributed by atoms with Crippen LogP contribution in [0.4, 0.5) is 0 Å². The van der Waals surface area contributed by atoms with Gasteiger partial charge in [-0.25, -0.2) is 4.79 Å². The van der Waals surface area contributed by atoms with Crippen LogP contribution in [0.2, 0.25) is 0 Å². The molecule has 2 atom stereocenters. The van der Waals surface area contributed by atoms with E-state index in [2.05, 4.69) is 17.1 Å². The van der Waals surface area contributed by atoms with Crippen LogP contribution in [0.5, 0.6) is 11.5 Å². The average molecular weight is 640 g/mol. The summed E-state index contributed by atoms with van der Waals surface area (Å²) >= 11 is 1.91. The van der Waals surface area contributed by atoms with Crippen molar-refractivity contribution >= 4 is 22.6 Å². The third-order valence-electron chi connectivity index (χ3n) is 6.98. The maximum absolute atomic E-state index is 12.4. The summed E-state index contributed by atoms with van der Waals surface area (Å²) in [7, 11) is 3.28. The van der Waals surface area contributed by atoms with E-state index in [0.717, 1.165) is 28.2 Å². The molecule has 1 saturated heterocycles. The van der Waals surface area contributed by atoms with Crippen LogP contribution in [0.15, 0.2) is 94.6 Å². The Bertz CT molecular complexity index is 1470. The quantitative estimate of drug-likeness (QED) is 0.208. The fourth-order valence-electron chi connectivity index (χ4n) is 4.98. The molecule has 1 aliphatic heterocycles. The van der Waals surface area contributed by atoms with Crippen molar-refractivity contribution in [3.8, 4) is 11.5 Å². The number of hydrogen-bond donors (Lipinski definition) is 1. The van der Waals surface area contributed by atoms with Crippen LogP contribution in [-0.4, -0.2) is 36.5 Å². The minimum atomic E-state index is -0.953. The van der Waals surface area contributed by atoms with Crippen LogP contribution in [0.25, 0.3) is 0 Å². The SMILES string of the molecule is COc1ccc(C(OC[C@@H]2CC[C@H](n3cc(I)c(=O)[nH]c3=O)O2)(c2ccccc2)c2ccc(OC)cc2)cc1. The standard InChI is InChI=1S/C30H29IN2O6/c1-36-23-12-8-21(9-13-23)30(20-6-4-3-5-7-20,22-10-14-24(37-2)15-11-22)38-19-25-16-17-27(39-25)33-18-26(31)28(34)32-29(33)35/h3-15,18,25,27H,16-17,19H2,1-2H3,(H,32,34,35)/t25-,27+/m0/s1. The summed E-state index contributed by atoms with van der Waals surface area (Å²) in [4.78, 5) is 26.6. The van der Waals surface area contributed by atoms with Crippen molar-refractivity contribution in [2.45, 2.75) is 30.8 Å². The van der Waals surface area contributed by atoms with Crippen molar-refractivity contribution in [1.82, 2.24) is 9.55 Å². The van der Waals surface area contributed by atoms with Gasteiger partial charge in [-0.1, -0.05) is 54.6 Å². The highest BCUT2D eigenvalue weighted by Gasteiger charge is 2.39. The molecule has 0 saturated carbocycles. The smallest absolute Gasteiger partial charge is 0.330 e. The molecule has 202 valence electrons. The summed E-state index contributed by atoms with van der Waals surface area (Å²) in [6.45, 7) is 0.276. The Kier molecular flexibility index (Phi) is 8.20. The normalized spacial score (nSPS) is 17.2. The van der Waals surface area contributed by atoms with Crippen molar-refractivity contribution in [2.24, 2.45) is 0 Å². The predicted molar refractivity (Wildman–Crippen MR) is 155 cm³/mol. The molecule has 0 spiro atoms. The van der Waals surface area contributed by atoms with Gasteiger partial charge in [-0.2, -0.15) is 0 Å². The number of H-pyrrole nitrogens is 1. The summed E-state index contributed by atoms with van der Waals surface area (Å²) in [5.74, 6) is 1.50. The minimum Gasteiger partial charge on any atom is -0.497 e. The van der Waals surface area contributed by atoms with Gasteiger partial charge in [-0.05, 0) is 76.4 Å². The van der Waals surface area contributed by atoms with Crippen LogP contribution in [0.3, 0.4) is 0 Å². The molecule has 0 radical (unpaired) electrons. The monoisotopic (exact) mass is 640 g/mol. The average Bonchev–Trinajstić information content (AvgIpc) is 3.45. The van der Waals surface area contributed by atoms with Gasteiger partial charge in [0.15, 0.2) is 0 Å². The van der Waals surface area contributed by atoms with Gasteiger partial charge in [0.05, 0.1) is 30.5 Å². The zero-order valence-electron chi connectivity index (χ0n) is 21.6. The highest BCUT2D eigenvalue weighted by Crippen LogP contribution is 2.42. The highest BCUT2D eigenvalue weighted by atomic mass is 127. The Balaban J connectivity index is 1.51. The largest absolute Gasteiger partial charge is 0.497 e. The first-order valence-electron chi connectivity index (χ1n) is 12.6. The lowest BCUT2D eigenvalue weighted by atomic mass is 9.80. The van der Waals surface area contributed by atoms with Gasteiger partial charge in [-0.3, -0.25) is 14.3 Å². The molecular weight excluding hydrogens is 611 g/mol. The maximum Gasteiger partial charge on any atom is 0.330 e. The topological polar surface area (TPSA) is 91.8 Å². The molecule has 0 amide bonds. The van der Waals surface area contributed by atoms with Crippen LogP contribution in [0, 0.1) is 3.57 Å². The number of ether oxygens (including phenoxy) is 4. The molecule has 1 aliphatic rings. The van der Waals surface area contributed by atoms with E-state index in [0.29, 0.717) is 16.4 Å². The van der Waals surface area contributed by atoms with E-state index in [1.165, 1.54) is 4.57 Å². The fourth-order valence-corrected chi connectivity index (χ4v) is 5.42. The number of nitrogens with zero attached hydrogens (tertiary/aromatic N) is 1. The Labute approximate surface area is 239 Å². The molecule has 2 heterocycles. The second kappa shape index (κ2) is 11.8. The molecule has 4 aromatic rings. The lowest BCUT2D eigenvalue weighted by Gasteiger charge is -2.37. The van der Waals surface area contributed by atoms with Crippen molar-refractivity contribution < 1.29 is 18.9 Å². The van der Waals surface area contributed by atoms with Crippen molar-refractivity contribution in [2.75, 3.05) is 20.8 Å². The van der Waals surface area contributed by atoms with Crippen LogP contribution in [-0.2, 0) is 15.1 Å². The number of benzene rings is 3. The van der Waals surface area contributed by atoms with Gasteiger partial charge in [0.2, 0.25) is 0 Å². The Hall–Kier alpha value is -3.41. The van der Waals surface area contributed by atoms with E-state index in [9.17, 15) is 9.59 Å². The minimum absolute atomic E-state index is 0.258. The van der Waals surface area contributed by atoms with E-state index < -0.39 is 23.1 Å². The lowest BCUT2D eigenvalue weighted by Crippen LogP contribution is -2.36. The number of nitrogens with one attached hydrogen (secondary N) is 1. The van der Waals surface area contributed by atoms with Gasteiger partial charge < -0.3 is 18.9 Å². The lowest BCUT2D eigenvalue weighted by molar-refractivity contribution is -0.0774. The number of aromatic amines is 1. The van der Waals surface area contributed by atoms with Crippen LogP contribution in [0.1, 0.15) is 35.8 Å². The molecule has 1 fully saturated rings. The molecule has 9 heteroatoms. The van der Waals surface area contributed by atoms with Gasteiger partial charge >= 0.3 is 5.69 Å². The number of halogens is 1. The summed E-state index contributed by atoms with van der Waals surface area (Å²) in [6, 6.07) is 25.8. The first-order valence-corrected chi connectivity index (χ1v) is 13.7. The van der Waals surface area contributed by atoms with E-state index in [4.69, 9.17) is 18.9 Å². The van der Waals surface area contributed by atoms with E-state index in [1.54, 1.807) is 20.4 Å². The van der Waals surface area contributed by atoms with Crippen molar-refractivity contribution in [3.05, 3.63) is 126 Å². The first-order chi connectivity index (χ1) is 18.9. The van der Waals surface area contributed by atoms with Gasteiger partial charge in [0.1, 0.15) is 23.3 Å². The summed E-state index contributed by atoms with van der Waals surface area (Å²) < 4.78 is 25.9. The van der Waals surface area contributed by atoms with Crippen molar-refractivity contribution in [3.63, 3.8) is 0 Å². The van der Waals surface area contributed by atoms with E-state index in [-0.39, 0.29) is 12.7 Å². The second-order valence-corrected chi connectivity index (χ2v) is 10.4. The van der Waals surface area contributed by atoms with Crippen LogP contribution < -0.4 is 20.7 Å². The molecule has 0 bridgehead atoms. The summed E-state index contributed by atoms with van der Waals surface area (Å²) in [6.07, 6.45) is 2.12. The molecule has 0 unspecified atom stereocenters. The summed E-state index contributed by atoms with van der Waals surface area (Å²) in [5.41, 5.74) is 0.983. The number of aromatic nitrogens is 2. The van der Waals surface area contributed by atoms with Gasteiger partial charge in [0.25, 0.3) is 5.56 Å². The first kappa shape index (κ1) is 27.2. The zero-order valence-corrected chi connectivity index (χ0v) is 23.8. The molecule has 39 heavy (non-hydrogen) atoms. The molecule has 0 aliphatic carbocycles. The molecule has 3 aromatic carbocycles. The van der Waals surface area contributed by atoms with Crippen LogP contribution >= 0.6 is 22.6 Å². The number of hydrogen-bond acceptors (Lipinski definition) is 6. The second-order valence-electron chi connectivity index (χ2n) is 9.25. The highest BCUT2D eigenvalue weighted by molar-refractivity contribution is 14.1. The van der Waals surface area contributed by atoms with E-state index >= 15 is 0 Å². The zero-order chi connectivity index (χ0) is 27.4. The molecule has 1 N–H and O–H groups in total. The van der Waals surface area contributed by atoms with Gasteiger partial charge in [-0.15, -0.1) is 0 Å². The molecular formula is C30H29IN2O6. The molecule has 8 nitrogen and oxygen atoms in total. The Morgan fingerprint density at radius 1 is 0.872 bits per heavy atom. The third kappa shape index (κ3) is 5.52.